The van der Waals surface area contributed by atoms with E-state index in [-0.39, 0.29) is 12.5 Å². The van der Waals surface area contributed by atoms with Crippen molar-refractivity contribution in [3.63, 3.8) is 0 Å². The summed E-state index contributed by atoms with van der Waals surface area (Å²) in [6.07, 6.45) is 0.873. The number of carbonyl (C=O) groups excluding carboxylic acids is 1. The third kappa shape index (κ3) is 4.89. The van der Waals surface area contributed by atoms with Crippen LogP contribution in [-0.2, 0) is 16.0 Å². The van der Waals surface area contributed by atoms with Crippen LogP contribution in [-0.4, -0.2) is 26.2 Å². The number of amides is 1. The van der Waals surface area contributed by atoms with Gasteiger partial charge in [-0.05, 0) is 38.0 Å². The van der Waals surface area contributed by atoms with Crippen LogP contribution in [0.5, 0.6) is 5.75 Å². The van der Waals surface area contributed by atoms with Crippen LogP contribution in [0, 0.1) is 5.41 Å². The maximum absolute atomic E-state index is 11.5. The van der Waals surface area contributed by atoms with Crippen molar-refractivity contribution >= 4 is 5.91 Å². The fourth-order valence-corrected chi connectivity index (χ4v) is 1.50. The molecule has 0 heterocycles. The van der Waals surface area contributed by atoms with Crippen molar-refractivity contribution in [1.29, 1.82) is 0 Å². The fourth-order valence-electron chi connectivity index (χ4n) is 1.50. The number of nitrogens with two attached hydrogens (primary N) is 1. The fraction of sp³-hybridized carbons (Fsp3) is 0.500. The van der Waals surface area contributed by atoms with Crippen LogP contribution in [0.3, 0.4) is 0 Å². The molecule has 0 saturated carbocycles. The van der Waals surface area contributed by atoms with Gasteiger partial charge in [0.25, 0.3) is 0 Å². The van der Waals surface area contributed by atoms with Gasteiger partial charge in [0.1, 0.15) is 12.4 Å². The lowest BCUT2D eigenvalue weighted by atomic mass is 9.94. The Morgan fingerprint density at radius 3 is 2.47 bits per heavy atom. The van der Waals surface area contributed by atoms with E-state index in [4.69, 9.17) is 15.3 Å². The standard InChI is InChI=1S/C14H22N2O3/c1-14(2,13(17)16-15)10-19-12-6-4-11(5-7-12)8-9-18-3/h4-7H,8-10,15H2,1-3H3,(H,16,17). The highest BCUT2D eigenvalue weighted by molar-refractivity contribution is 5.81. The minimum atomic E-state index is -0.663. The van der Waals surface area contributed by atoms with Crippen LogP contribution in [0.25, 0.3) is 0 Å². The molecule has 3 N–H and O–H groups in total. The van der Waals surface area contributed by atoms with E-state index >= 15 is 0 Å². The highest BCUT2D eigenvalue weighted by atomic mass is 16.5. The van der Waals surface area contributed by atoms with E-state index in [1.165, 1.54) is 5.56 Å². The van der Waals surface area contributed by atoms with E-state index in [9.17, 15) is 4.79 Å². The summed E-state index contributed by atoms with van der Waals surface area (Å²) in [6, 6.07) is 7.76. The van der Waals surface area contributed by atoms with Gasteiger partial charge in [0.2, 0.25) is 5.91 Å². The first-order valence-corrected chi connectivity index (χ1v) is 6.21. The van der Waals surface area contributed by atoms with E-state index in [1.807, 2.05) is 24.3 Å². The van der Waals surface area contributed by atoms with Crippen molar-refractivity contribution in [3.8, 4) is 5.75 Å². The summed E-state index contributed by atoms with van der Waals surface area (Å²) in [7, 11) is 1.68. The Bertz CT molecular complexity index is 402. The van der Waals surface area contributed by atoms with Crippen molar-refractivity contribution in [2.24, 2.45) is 11.3 Å². The Morgan fingerprint density at radius 2 is 1.95 bits per heavy atom. The summed E-state index contributed by atoms with van der Waals surface area (Å²) in [6.45, 7) is 4.53. The Labute approximate surface area is 114 Å². The van der Waals surface area contributed by atoms with Crippen LogP contribution < -0.4 is 16.0 Å². The Kier molecular flexibility index (Phi) is 5.79. The van der Waals surface area contributed by atoms with Gasteiger partial charge in [-0.2, -0.15) is 0 Å². The Balaban J connectivity index is 2.52. The summed E-state index contributed by atoms with van der Waals surface area (Å²) in [4.78, 5) is 11.5. The minimum absolute atomic E-state index is 0.246. The molecule has 1 aromatic rings. The topological polar surface area (TPSA) is 73.6 Å². The van der Waals surface area contributed by atoms with Crippen LogP contribution in [0.15, 0.2) is 24.3 Å². The molecule has 1 rings (SSSR count). The van der Waals surface area contributed by atoms with Crippen LogP contribution in [0.4, 0.5) is 0 Å². The zero-order valence-corrected chi connectivity index (χ0v) is 11.7. The Morgan fingerprint density at radius 1 is 1.32 bits per heavy atom. The molecule has 0 atom stereocenters. The summed E-state index contributed by atoms with van der Waals surface area (Å²) >= 11 is 0. The molecular weight excluding hydrogens is 244 g/mol. The van der Waals surface area contributed by atoms with Gasteiger partial charge in [0, 0.05) is 7.11 Å². The second-order valence-corrected chi connectivity index (χ2v) is 5.03. The highest BCUT2D eigenvalue weighted by Crippen LogP contribution is 2.19. The maximum atomic E-state index is 11.5. The predicted molar refractivity (Wildman–Crippen MR) is 73.6 cm³/mol. The van der Waals surface area contributed by atoms with Crippen LogP contribution >= 0.6 is 0 Å². The van der Waals surface area contributed by atoms with Gasteiger partial charge in [0.05, 0.1) is 12.0 Å². The quantitative estimate of drug-likeness (QED) is 0.443. The first-order valence-electron chi connectivity index (χ1n) is 6.21. The molecule has 0 aliphatic carbocycles. The minimum Gasteiger partial charge on any atom is -0.492 e. The highest BCUT2D eigenvalue weighted by Gasteiger charge is 2.27. The number of hydrogen-bond donors (Lipinski definition) is 2. The molecule has 19 heavy (non-hydrogen) atoms. The van der Waals surface area contributed by atoms with Gasteiger partial charge in [-0.25, -0.2) is 5.84 Å². The summed E-state index contributed by atoms with van der Waals surface area (Å²) in [5.74, 6) is 5.62. The van der Waals surface area contributed by atoms with Crippen LogP contribution in [0.1, 0.15) is 19.4 Å². The normalized spacial score (nSPS) is 11.2. The van der Waals surface area contributed by atoms with E-state index in [0.29, 0.717) is 6.61 Å². The number of nitrogens with one attached hydrogen (secondary N) is 1. The molecule has 5 heteroatoms. The zero-order chi connectivity index (χ0) is 14.3. The molecule has 0 saturated heterocycles. The molecule has 1 amide bonds. The van der Waals surface area contributed by atoms with Gasteiger partial charge < -0.3 is 9.47 Å². The largest absolute Gasteiger partial charge is 0.492 e. The third-order valence-corrected chi connectivity index (χ3v) is 2.86. The monoisotopic (exact) mass is 266 g/mol. The second-order valence-electron chi connectivity index (χ2n) is 5.03. The number of ether oxygens (including phenoxy) is 2. The molecule has 5 nitrogen and oxygen atoms in total. The molecule has 1 aromatic carbocycles. The lowest BCUT2D eigenvalue weighted by Crippen LogP contribution is -2.44. The number of methoxy groups -OCH3 is 1. The number of hydrogen-bond acceptors (Lipinski definition) is 4. The van der Waals surface area contributed by atoms with E-state index < -0.39 is 5.41 Å². The van der Waals surface area contributed by atoms with Gasteiger partial charge in [-0.15, -0.1) is 0 Å². The van der Waals surface area contributed by atoms with Gasteiger partial charge in [0.15, 0.2) is 0 Å². The van der Waals surface area contributed by atoms with Crippen molar-refractivity contribution in [3.05, 3.63) is 29.8 Å². The maximum Gasteiger partial charge on any atom is 0.242 e. The number of benzene rings is 1. The van der Waals surface area contributed by atoms with Crippen molar-refractivity contribution in [2.75, 3.05) is 20.3 Å². The number of hydrazine groups is 1. The Hall–Kier alpha value is -1.59. The van der Waals surface area contributed by atoms with Crippen molar-refractivity contribution in [1.82, 2.24) is 5.43 Å². The SMILES string of the molecule is COCCc1ccc(OCC(C)(C)C(=O)NN)cc1. The zero-order valence-electron chi connectivity index (χ0n) is 11.7. The van der Waals surface area contributed by atoms with Crippen LogP contribution in [0.2, 0.25) is 0 Å². The number of rotatable bonds is 7. The first-order chi connectivity index (χ1) is 8.99. The van der Waals surface area contributed by atoms with Crippen molar-refractivity contribution < 1.29 is 14.3 Å². The van der Waals surface area contributed by atoms with Gasteiger partial charge >= 0.3 is 0 Å². The molecular formula is C14H22N2O3. The molecule has 0 aliphatic heterocycles. The predicted octanol–water partition coefficient (Wildman–Crippen LogP) is 1.27. The average molecular weight is 266 g/mol. The average Bonchev–Trinajstić information content (AvgIpc) is 2.43. The molecule has 0 unspecified atom stereocenters. The summed E-state index contributed by atoms with van der Waals surface area (Å²) in [5, 5.41) is 0. The van der Waals surface area contributed by atoms with E-state index in [0.717, 1.165) is 12.2 Å². The second kappa shape index (κ2) is 7.11. The molecule has 0 bridgehead atoms. The summed E-state index contributed by atoms with van der Waals surface area (Å²) in [5.41, 5.74) is 2.67. The summed E-state index contributed by atoms with van der Waals surface area (Å²) < 4.78 is 10.6. The van der Waals surface area contributed by atoms with E-state index in [2.05, 4.69) is 5.43 Å². The number of carbonyl (C=O) groups is 1. The van der Waals surface area contributed by atoms with Crippen molar-refractivity contribution in [2.45, 2.75) is 20.3 Å². The molecule has 0 aliphatic rings. The third-order valence-electron chi connectivity index (χ3n) is 2.86. The first kappa shape index (κ1) is 15.5. The van der Waals surface area contributed by atoms with Gasteiger partial charge in [-0.1, -0.05) is 12.1 Å². The lowest BCUT2D eigenvalue weighted by Gasteiger charge is -2.22. The van der Waals surface area contributed by atoms with E-state index in [1.54, 1.807) is 21.0 Å². The smallest absolute Gasteiger partial charge is 0.242 e. The molecule has 0 aromatic heterocycles. The molecule has 0 spiro atoms. The lowest BCUT2D eigenvalue weighted by molar-refractivity contribution is -0.130. The molecule has 0 radical (unpaired) electrons. The molecule has 0 fully saturated rings. The molecule has 106 valence electrons. The van der Waals surface area contributed by atoms with Gasteiger partial charge in [-0.3, -0.25) is 10.2 Å².